The Labute approximate surface area is 133 Å². The summed E-state index contributed by atoms with van der Waals surface area (Å²) in [5.41, 5.74) is 1.09. The van der Waals surface area contributed by atoms with Gasteiger partial charge in [0.15, 0.2) is 0 Å². The number of rotatable bonds is 9. The van der Waals surface area contributed by atoms with Crippen LogP contribution >= 0.6 is 0 Å². The first-order chi connectivity index (χ1) is 10.7. The summed E-state index contributed by atoms with van der Waals surface area (Å²) in [6, 6.07) is 7.92. The minimum Gasteiger partial charge on any atom is -0.491 e. The maximum atomic E-state index is 12.3. The summed E-state index contributed by atoms with van der Waals surface area (Å²) < 4.78 is 5.62. The van der Waals surface area contributed by atoms with E-state index in [-0.39, 0.29) is 11.9 Å². The van der Waals surface area contributed by atoms with E-state index in [2.05, 4.69) is 24.1 Å². The number of carbonyl (C=O) groups excluding carboxylic acids is 1. The lowest BCUT2D eigenvalue weighted by Crippen LogP contribution is -2.40. The highest BCUT2D eigenvalue weighted by Crippen LogP contribution is 2.31. The molecule has 0 spiro atoms. The van der Waals surface area contributed by atoms with Gasteiger partial charge in [-0.3, -0.25) is 9.69 Å². The van der Waals surface area contributed by atoms with Gasteiger partial charge >= 0.3 is 0 Å². The lowest BCUT2D eigenvalue weighted by molar-refractivity contribution is -0.123. The molecule has 0 saturated carbocycles. The number of amides is 1. The Morgan fingerprint density at radius 1 is 1.23 bits per heavy atom. The van der Waals surface area contributed by atoms with Crippen LogP contribution in [0.3, 0.4) is 0 Å². The average molecular weight is 304 g/mol. The van der Waals surface area contributed by atoms with Gasteiger partial charge in [0.25, 0.3) is 0 Å². The number of nitrogens with zero attached hydrogens (tertiary/aromatic N) is 1. The summed E-state index contributed by atoms with van der Waals surface area (Å²) in [4.78, 5) is 14.6. The molecule has 0 radical (unpaired) electrons. The van der Waals surface area contributed by atoms with Gasteiger partial charge in [-0.05, 0) is 32.0 Å². The zero-order valence-corrected chi connectivity index (χ0v) is 13.8. The minimum atomic E-state index is -0.0112. The molecule has 1 aromatic carbocycles. The van der Waals surface area contributed by atoms with Crippen LogP contribution in [0.1, 0.15) is 51.1 Å². The predicted molar refractivity (Wildman–Crippen MR) is 89.1 cm³/mol. The third kappa shape index (κ3) is 4.73. The SMILES string of the molecule is CCCCN(CCCC)CC(=O)NC1COc2ccccc21. The molecule has 1 unspecified atom stereocenters. The molecule has 0 fully saturated rings. The van der Waals surface area contributed by atoms with Crippen molar-refractivity contribution in [3.8, 4) is 5.75 Å². The molecule has 1 aromatic rings. The van der Waals surface area contributed by atoms with Crippen molar-refractivity contribution >= 4 is 5.91 Å². The normalized spacial score (nSPS) is 16.4. The van der Waals surface area contributed by atoms with Crippen molar-refractivity contribution in [2.75, 3.05) is 26.2 Å². The Balaban J connectivity index is 1.85. The van der Waals surface area contributed by atoms with Gasteiger partial charge in [-0.15, -0.1) is 0 Å². The van der Waals surface area contributed by atoms with Gasteiger partial charge in [-0.1, -0.05) is 44.9 Å². The third-order valence-corrected chi connectivity index (χ3v) is 4.06. The van der Waals surface area contributed by atoms with Gasteiger partial charge < -0.3 is 10.1 Å². The van der Waals surface area contributed by atoms with Crippen LogP contribution in [0, 0.1) is 0 Å². The average Bonchev–Trinajstić information content (AvgIpc) is 2.93. The first-order valence-electron chi connectivity index (χ1n) is 8.48. The molecule has 4 nitrogen and oxygen atoms in total. The van der Waals surface area contributed by atoms with Crippen molar-refractivity contribution in [2.45, 2.75) is 45.6 Å². The number of nitrogens with one attached hydrogen (secondary N) is 1. The summed E-state index contributed by atoms with van der Waals surface area (Å²) >= 11 is 0. The number of fused-ring (bicyclic) bond motifs is 1. The van der Waals surface area contributed by atoms with E-state index in [1.54, 1.807) is 0 Å². The second kappa shape index (κ2) is 8.79. The van der Waals surface area contributed by atoms with Crippen LogP contribution in [-0.2, 0) is 4.79 Å². The number of hydrogen-bond acceptors (Lipinski definition) is 3. The van der Waals surface area contributed by atoms with Crippen LogP contribution in [0.5, 0.6) is 5.75 Å². The molecule has 1 heterocycles. The Bertz CT molecular complexity index is 468. The molecule has 1 amide bonds. The fourth-order valence-electron chi connectivity index (χ4n) is 2.76. The van der Waals surface area contributed by atoms with E-state index in [4.69, 9.17) is 4.74 Å². The molecule has 1 N–H and O–H groups in total. The Hall–Kier alpha value is -1.55. The van der Waals surface area contributed by atoms with Crippen LogP contribution in [-0.4, -0.2) is 37.0 Å². The van der Waals surface area contributed by atoms with Crippen LogP contribution < -0.4 is 10.1 Å². The summed E-state index contributed by atoms with van der Waals surface area (Å²) in [5, 5.41) is 3.11. The Morgan fingerprint density at radius 3 is 2.59 bits per heavy atom. The van der Waals surface area contributed by atoms with Gasteiger partial charge in [-0.25, -0.2) is 0 Å². The molecule has 0 bridgehead atoms. The third-order valence-electron chi connectivity index (χ3n) is 4.06. The second-order valence-electron chi connectivity index (χ2n) is 5.95. The maximum absolute atomic E-state index is 12.3. The lowest BCUT2D eigenvalue weighted by atomic mass is 10.1. The van der Waals surface area contributed by atoms with Crippen molar-refractivity contribution in [1.82, 2.24) is 10.2 Å². The van der Waals surface area contributed by atoms with Gasteiger partial charge in [0.05, 0.1) is 12.6 Å². The van der Waals surface area contributed by atoms with Crippen LogP contribution in [0.4, 0.5) is 0 Å². The van der Waals surface area contributed by atoms with E-state index < -0.39 is 0 Å². The number of hydrogen-bond donors (Lipinski definition) is 1. The molecule has 1 aliphatic rings. The van der Waals surface area contributed by atoms with Crippen molar-refractivity contribution in [1.29, 1.82) is 0 Å². The predicted octanol–water partition coefficient (Wildman–Crippen LogP) is 3.14. The first-order valence-corrected chi connectivity index (χ1v) is 8.48. The van der Waals surface area contributed by atoms with E-state index >= 15 is 0 Å². The zero-order valence-electron chi connectivity index (χ0n) is 13.8. The number of benzene rings is 1. The van der Waals surface area contributed by atoms with Crippen molar-refractivity contribution in [2.24, 2.45) is 0 Å². The molecule has 22 heavy (non-hydrogen) atoms. The van der Waals surface area contributed by atoms with E-state index in [0.717, 1.165) is 50.1 Å². The van der Waals surface area contributed by atoms with Gasteiger partial charge in [0.1, 0.15) is 12.4 Å². The van der Waals surface area contributed by atoms with Gasteiger partial charge in [0, 0.05) is 5.56 Å². The standard InChI is InChI=1S/C18H28N2O2/c1-3-5-11-20(12-6-4-2)13-18(21)19-16-14-22-17-10-8-7-9-15(16)17/h7-10,16H,3-6,11-14H2,1-2H3,(H,19,21). The van der Waals surface area contributed by atoms with E-state index in [0.29, 0.717) is 13.2 Å². The molecule has 0 aromatic heterocycles. The largest absolute Gasteiger partial charge is 0.491 e. The lowest BCUT2D eigenvalue weighted by Gasteiger charge is -2.22. The monoisotopic (exact) mass is 304 g/mol. The summed E-state index contributed by atoms with van der Waals surface area (Å²) in [6.07, 6.45) is 4.61. The van der Waals surface area contributed by atoms with Gasteiger partial charge in [-0.2, -0.15) is 0 Å². The Kier molecular flexibility index (Phi) is 6.72. The van der Waals surface area contributed by atoms with E-state index in [9.17, 15) is 4.79 Å². The molecule has 1 aliphatic heterocycles. The summed E-state index contributed by atoms with van der Waals surface area (Å²) in [7, 11) is 0. The fourth-order valence-corrected chi connectivity index (χ4v) is 2.76. The number of carbonyl (C=O) groups is 1. The zero-order chi connectivity index (χ0) is 15.8. The van der Waals surface area contributed by atoms with Gasteiger partial charge in [0.2, 0.25) is 5.91 Å². The summed E-state index contributed by atoms with van der Waals surface area (Å²) in [5.74, 6) is 0.985. The second-order valence-corrected chi connectivity index (χ2v) is 5.95. The van der Waals surface area contributed by atoms with Crippen LogP contribution in [0.15, 0.2) is 24.3 Å². The highest BCUT2D eigenvalue weighted by Gasteiger charge is 2.25. The molecule has 0 aliphatic carbocycles. The first kappa shape index (κ1) is 16.8. The molecule has 122 valence electrons. The topological polar surface area (TPSA) is 41.6 Å². The summed E-state index contributed by atoms with van der Waals surface area (Å²) in [6.45, 7) is 7.40. The van der Waals surface area contributed by atoms with E-state index in [1.165, 1.54) is 0 Å². The Morgan fingerprint density at radius 2 is 1.91 bits per heavy atom. The smallest absolute Gasteiger partial charge is 0.234 e. The van der Waals surface area contributed by atoms with Crippen molar-refractivity contribution in [3.05, 3.63) is 29.8 Å². The maximum Gasteiger partial charge on any atom is 0.234 e. The number of para-hydroxylation sites is 1. The fraction of sp³-hybridized carbons (Fsp3) is 0.611. The molecule has 2 rings (SSSR count). The molecular weight excluding hydrogens is 276 g/mol. The molecule has 4 heteroatoms. The highest BCUT2D eigenvalue weighted by atomic mass is 16.5. The molecule has 1 atom stereocenters. The van der Waals surface area contributed by atoms with Crippen molar-refractivity contribution < 1.29 is 9.53 Å². The van der Waals surface area contributed by atoms with Crippen LogP contribution in [0.25, 0.3) is 0 Å². The number of unbranched alkanes of at least 4 members (excludes halogenated alkanes) is 2. The molecule has 0 saturated heterocycles. The highest BCUT2D eigenvalue weighted by molar-refractivity contribution is 5.78. The molecular formula is C18H28N2O2. The minimum absolute atomic E-state index is 0.0112. The van der Waals surface area contributed by atoms with E-state index in [1.807, 2.05) is 24.3 Å². The van der Waals surface area contributed by atoms with Crippen molar-refractivity contribution in [3.63, 3.8) is 0 Å². The van der Waals surface area contributed by atoms with Crippen LogP contribution in [0.2, 0.25) is 0 Å². The number of ether oxygens (including phenoxy) is 1. The quantitative estimate of drug-likeness (QED) is 0.762.